The summed E-state index contributed by atoms with van der Waals surface area (Å²) in [5, 5.41) is 0. The molecule has 2 aliphatic rings. The molecule has 2 heterocycles. The maximum Gasteiger partial charge on any atom is 0.217 e. The molecule has 2 aliphatic heterocycles. The van der Waals surface area contributed by atoms with Crippen molar-refractivity contribution >= 4 is 10.0 Å². The van der Waals surface area contributed by atoms with Crippen LogP contribution < -0.4 is 5.73 Å². The van der Waals surface area contributed by atoms with Gasteiger partial charge in [0.05, 0.1) is 19.0 Å². The molecule has 110 valence electrons. The van der Waals surface area contributed by atoms with Gasteiger partial charge in [-0.15, -0.1) is 0 Å². The molecule has 0 aliphatic carbocycles. The summed E-state index contributed by atoms with van der Waals surface area (Å²) in [6.07, 6.45) is 5.11. The maximum atomic E-state index is 12.1. The summed E-state index contributed by atoms with van der Waals surface area (Å²) >= 11 is 0. The lowest BCUT2D eigenvalue weighted by molar-refractivity contribution is 0.0593. The van der Waals surface area contributed by atoms with E-state index in [0.717, 1.165) is 25.9 Å². The Balaban J connectivity index is 1.81. The molecule has 6 nitrogen and oxygen atoms in total. The number of ether oxygens (including phenoxy) is 1. The maximum absolute atomic E-state index is 12.1. The van der Waals surface area contributed by atoms with Gasteiger partial charge < -0.3 is 15.4 Å². The van der Waals surface area contributed by atoms with Crippen molar-refractivity contribution in [2.75, 3.05) is 45.1 Å². The lowest BCUT2D eigenvalue weighted by atomic mass is 10.1. The van der Waals surface area contributed by atoms with Crippen molar-refractivity contribution in [3.05, 3.63) is 12.3 Å². The fourth-order valence-electron chi connectivity index (χ4n) is 2.30. The summed E-state index contributed by atoms with van der Waals surface area (Å²) in [5.74, 6) is 0.0690. The van der Waals surface area contributed by atoms with Gasteiger partial charge >= 0.3 is 0 Å². The lowest BCUT2D eigenvalue weighted by Gasteiger charge is -2.29. The Morgan fingerprint density at radius 1 is 1.16 bits per heavy atom. The molecule has 0 radical (unpaired) electrons. The highest BCUT2D eigenvalue weighted by molar-refractivity contribution is 7.89. The van der Waals surface area contributed by atoms with Crippen LogP contribution in [0.2, 0.25) is 0 Å². The van der Waals surface area contributed by atoms with Gasteiger partial charge in [0.1, 0.15) is 0 Å². The molecule has 0 bridgehead atoms. The summed E-state index contributed by atoms with van der Waals surface area (Å²) in [5.41, 5.74) is 5.78. The van der Waals surface area contributed by atoms with Gasteiger partial charge in [-0.3, -0.25) is 0 Å². The minimum atomic E-state index is -3.17. The molecular formula is C12H23N3O3S. The van der Waals surface area contributed by atoms with Gasteiger partial charge in [-0.1, -0.05) is 6.08 Å². The minimum Gasteiger partial charge on any atom is -0.378 e. The van der Waals surface area contributed by atoms with Crippen LogP contribution in [0.1, 0.15) is 12.8 Å². The van der Waals surface area contributed by atoms with Gasteiger partial charge in [0.2, 0.25) is 10.0 Å². The smallest absolute Gasteiger partial charge is 0.217 e. The number of piperidine rings is 1. The Kier molecular flexibility index (Phi) is 5.20. The largest absolute Gasteiger partial charge is 0.378 e. The third-order valence-corrected chi connectivity index (χ3v) is 5.33. The topological polar surface area (TPSA) is 75.9 Å². The van der Waals surface area contributed by atoms with Crippen LogP contribution >= 0.6 is 0 Å². The fraction of sp³-hybridized carbons (Fsp3) is 0.833. The van der Waals surface area contributed by atoms with Crippen LogP contribution in [0.25, 0.3) is 0 Å². The van der Waals surface area contributed by atoms with Crippen LogP contribution in [-0.4, -0.2) is 68.8 Å². The third kappa shape index (κ3) is 4.45. The highest BCUT2D eigenvalue weighted by atomic mass is 32.2. The molecule has 2 saturated heterocycles. The Bertz CT molecular complexity index is 396. The summed E-state index contributed by atoms with van der Waals surface area (Å²) in [6.45, 7) is 4.18. The van der Waals surface area contributed by atoms with Crippen molar-refractivity contribution in [1.82, 2.24) is 9.21 Å². The quantitative estimate of drug-likeness (QED) is 0.761. The average molecular weight is 289 g/mol. The zero-order chi connectivity index (χ0) is 13.7. The summed E-state index contributed by atoms with van der Waals surface area (Å²) in [7, 11) is -3.17. The number of morpholine rings is 1. The predicted octanol–water partition coefficient (Wildman–Crippen LogP) is -0.415. The normalized spacial score (nSPS) is 24.2. The van der Waals surface area contributed by atoms with Crippen LogP contribution in [-0.2, 0) is 14.8 Å². The van der Waals surface area contributed by atoms with Gasteiger partial charge in [-0.05, 0) is 19.0 Å². The molecule has 19 heavy (non-hydrogen) atoms. The first-order valence-corrected chi connectivity index (χ1v) is 8.41. The molecule has 0 atom stereocenters. The molecule has 0 aromatic carbocycles. The van der Waals surface area contributed by atoms with Crippen LogP contribution in [0.5, 0.6) is 0 Å². The first kappa shape index (κ1) is 14.8. The molecule has 0 saturated carbocycles. The standard InChI is InChI=1S/C12H23N3O3S/c13-12-2-5-15(6-3-12)19(16,17)11-1-4-14-7-9-18-10-8-14/h1,4,12H,2-3,5-11,13H2. The van der Waals surface area contributed by atoms with E-state index in [9.17, 15) is 8.42 Å². The second kappa shape index (κ2) is 6.69. The SMILES string of the molecule is NC1CCN(S(=O)(=O)CC=CN2CCOCC2)CC1. The summed E-state index contributed by atoms with van der Waals surface area (Å²) in [4.78, 5) is 2.09. The summed E-state index contributed by atoms with van der Waals surface area (Å²) in [6, 6.07) is 0.148. The molecule has 7 heteroatoms. The minimum absolute atomic E-state index is 0.0690. The van der Waals surface area contributed by atoms with Crippen molar-refractivity contribution in [2.45, 2.75) is 18.9 Å². The lowest BCUT2D eigenvalue weighted by Crippen LogP contribution is -2.43. The number of hydrogen-bond acceptors (Lipinski definition) is 5. The van der Waals surface area contributed by atoms with E-state index in [1.807, 2.05) is 6.20 Å². The monoisotopic (exact) mass is 289 g/mol. The molecule has 2 fully saturated rings. The predicted molar refractivity (Wildman–Crippen MR) is 74.1 cm³/mol. The number of sulfonamides is 1. The van der Waals surface area contributed by atoms with Gasteiger partial charge in [-0.2, -0.15) is 0 Å². The van der Waals surface area contributed by atoms with Crippen molar-refractivity contribution in [3.8, 4) is 0 Å². The van der Waals surface area contributed by atoms with Crippen LogP contribution in [0.3, 0.4) is 0 Å². The molecule has 2 N–H and O–H groups in total. The third-order valence-electron chi connectivity index (χ3n) is 3.56. The van der Waals surface area contributed by atoms with Crippen molar-refractivity contribution in [3.63, 3.8) is 0 Å². The zero-order valence-corrected chi connectivity index (χ0v) is 12.0. The van der Waals surface area contributed by atoms with Crippen LogP contribution in [0, 0.1) is 0 Å². The van der Waals surface area contributed by atoms with E-state index >= 15 is 0 Å². The average Bonchev–Trinajstić information content (AvgIpc) is 2.40. The first-order chi connectivity index (χ1) is 9.08. The second-order valence-electron chi connectivity index (χ2n) is 5.05. The second-order valence-corrected chi connectivity index (χ2v) is 7.06. The molecule has 0 aromatic rings. The van der Waals surface area contributed by atoms with Crippen molar-refractivity contribution in [1.29, 1.82) is 0 Å². The van der Waals surface area contributed by atoms with E-state index in [4.69, 9.17) is 10.5 Å². The van der Waals surface area contributed by atoms with E-state index in [-0.39, 0.29) is 11.8 Å². The van der Waals surface area contributed by atoms with E-state index in [1.54, 1.807) is 10.4 Å². The number of nitrogens with two attached hydrogens (primary N) is 1. The Morgan fingerprint density at radius 2 is 1.79 bits per heavy atom. The highest BCUT2D eigenvalue weighted by Gasteiger charge is 2.25. The number of nitrogens with zero attached hydrogens (tertiary/aromatic N) is 2. The molecular weight excluding hydrogens is 266 g/mol. The van der Waals surface area contributed by atoms with E-state index in [1.165, 1.54) is 0 Å². The summed E-state index contributed by atoms with van der Waals surface area (Å²) < 4.78 is 31.0. The van der Waals surface area contributed by atoms with Crippen molar-refractivity contribution in [2.24, 2.45) is 5.73 Å². The molecule has 2 rings (SSSR count). The Morgan fingerprint density at radius 3 is 2.42 bits per heavy atom. The van der Waals surface area contributed by atoms with E-state index in [0.29, 0.717) is 26.3 Å². The molecule has 0 amide bonds. The van der Waals surface area contributed by atoms with Gasteiger partial charge in [0.25, 0.3) is 0 Å². The number of hydrogen-bond donors (Lipinski definition) is 1. The van der Waals surface area contributed by atoms with E-state index < -0.39 is 10.0 Å². The van der Waals surface area contributed by atoms with Gasteiger partial charge in [0.15, 0.2) is 0 Å². The molecule has 0 aromatic heterocycles. The van der Waals surface area contributed by atoms with Gasteiger partial charge in [-0.25, -0.2) is 12.7 Å². The van der Waals surface area contributed by atoms with Gasteiger partial charge in [0, 0.05) is 32.2 Å². The number of rotatable bonds is 4. The Labute approximate surface area is 115 Å². The van der Waals surface area contributed by atoms with E-state index in [2.05, 4.69) is 4.90 Å². The van der Waals surface area contributed by atoms with Crippen molar-refractivity contribution < 1.29 is 13.2 Å². The highest BCUT2D eigenvalue weighted by Crippen LogP contribution is 2.13. The zero-order valence-electron chi connectivity index (χ0n) is 11.2. The molecule has 0 unspecified atom stereocenters. The molecule has 0 spiro atoms. The van der Waals surface area contributed by atoms with Crippen LogP contribution in [0.4, 0.5) is 0 Å². The van der Waals surface area contributed by atoms with Crippen LogP contribution in [0.15, 0.2) is 12.3 Å². The fourth-order valence-corrected chi connectivity index (χ4v) is 3.61. The first-order valence-electron chi connectivity index (χ1n) is 6.80. The Hall–Kier alpha value is -0.630.